The second-order valence-electron chi connectivity index (χ2n) is 9.66. The lowest BCUT2D eigenvalue weighted by Gasteiger charge is -2.38. The lowest BCUT2D eigenvalue weighted by molar-refractivity contribution is 0.0986. The number of aromatic nitrogens is 1. The van der Waals surface area contributed by atoms with E-state index in [0.29, 0.717) is 46.5 Å². The first-order valence-corrected chi connectivity index (χ1v) is 14.3. The number of fused-ring (bicyclic) bond motifs is 2. The third-order valence-electron chi connectivity index (χ3n) is 6.92. The van der Waals surface area contributed by atoms with Crippen molar-refractivity contribution in [2.24, 2.45) is 0 Å². The average Bonchev–Trinajstić information content (AvgIpc) is 2.96. The van der Waals surface area contributed by atoms with Gasteiger partial charge in [0.05, 0.1) is 16.9 Å². The first kappa shape index (κ1) is 26.4. The Bertz CT molecular complexity index is 1860. The lowest BCUT2D eigenvalue weighted by Crippen LogP contribution is -2.43. The van der Waals surface area contributed by atoms with Crippen LogP contribution in [0.4, 0.5) is 25.8 Å². The van der Waals surface area contributed by atoms with E-state index in [0.717, 1.165) is 11.8 Å². The molecule has 0 unspecified atom stereocenters. The molecule has 1 aliphatic rings. The minimum atomic E-state index is -3.93. The van der Waals surface area contributed by atoms with Gasteiger partial charge in [0.1, 0.15) is 16.5 Å². The number of carbonyl (C=O) groups excluding carboxylic acids is 1. The third kappa shape index (κ3) is 5.33. The summed E-state index contributed by atoms with van der Waals surface area (Å²) in [5.74, 6) is -1.52. The molecule has 10 heteroatoms. The first-order chi connectivity index (χ1) is 19.8. The van der Waals surface area contributed by atoms with Gasteiger partial charge >= 0.3 is 0 Å². The zero-order valence-electron chi connectivity index (χ0n) is 21.7. The van der Waals surface area contributed by atoms with Crippen LogP contribution in [0.1, 0.15) is 15.9 Å². The predicted octanol–water partition coefficient (Wildman–Crippen LogP) is 5.98. The molecule has 0 atom stereocenters. The Balaban J connectivity index is 1.21. The maximum Gasteiger partial charge on any atom is 0.264 e. The Morgan fingerprint density at radius 2 is 1.54 bits per heavy atom. The van der Waals surface area contributed by atoms with Crippen LogP contribution in [-0.2, 0) is 16.6 Å². The standard InChI is InChI=1S/C31H24F2N4O3S/c32-24-17-21(18-25(33)19-24)20-36-15-16-37(28-8-2-1-7-27(28)36)31(38)23-10-12-26(13-11-23)35-41(39,40)29-9-3-5-22-6-4-14-34-30(22)29/h1-14,17-19,35H,15-16,20H2. The van der Waals surface area contributed by atoms with Crippen molar-refractivity contribution in [3.8, 4) is 0 Å². The SMILES string of the molecule is O=C(c1ccc(NS(=O)(=O)c2cccc3cccnc23)cc1)N1CCN(Cc2cc(F)cc(F)c2)c2ccccc21. The number of benzene rings is 4. The van der Waals surface area contributed by atoms with Crippen LogP contribution < -0.4 is 14.5 Å². The van der Waals surface area contributed by atoms with Gasteiger partial charge in [-0.25, -0.2) is 17.2 Å². The maximum atomic E-state index is 13.7. The number of nitrogens with one attached hydrogen (secondary N) is 1. The molecule has 206 valence electrons. The fraction of sp³-hybridized carbons (Fsp3) is 0.0968. The summed E-state index contributed by atoms with van der Waals surface area (Å²) < 4.78 is 56.4. The number of para-hydroxylation sites is 3. The lowest BCUT2D eigenvalue weighted by atomic mass is 10.1. The molecule has 4 aromatic carbocycles. The molecule has 0 aliphatic carbocycles. The van der Waals surface area contributed by atoms with Gasteiger partial charge in [-0.2, -0.15) is 0 Å². The number of sulfonamides is 1. The van der Waals surface area contributed by atoms with Gasteiger partial charge in [0.25, 0.3) is 15.9 Å². The van der Waals surface area contributed by atoms with Crippen LogP contribution in [0.15, 0.2) is 108 Å². The number of carbonyl (C=O) groups is 1. The van der Waals surface area contributed by atoms with E-state index in [2.05, 4.69) is 9.71 Å². The van der Waals surface area contributed by atoms with Crippen LogP contribution in [-0.4, -0.2) is 32.4 Å². The molecule has 1 N–H and O–H groups in total. The Morgan fingerprint density at radius 3 is 2.29 bits per heavy atom. The summed E-state index contributed by atoms with van der Waals surface area (Å²) >= 11 is 0. The maximum absolute atomic E-state index is 13.7. The molecular formula is C31H24F2N4O3S. The van der Waals surface area contributed by atoms with E-state index >= 15 is 0 Å². The zero-order valence-corrected chi connectivity index (χ0v) is 22.5. The molecule has 1 amide bonds. The van der Waals surface area contributed by atoms with E-state index in [4.69, 9.17) is 0 Å². The number of nitrogens with zero attached hydrogens (tertiary/aromatic N) is 3. The van der Waals surface area contributed by atoms with Crippen LogP contribution in [0.5, 0.6) is 0 Å². The molecule has 0 fully saturated rings. The number of anilines is 3. The highest BCUT2D eigenvalue weighted by atomic mass is 32.2. The summed E-state index contributed by atoms with van der Waals surface area (Å²) in [6, 6.07) is 25.5. The summed E-state index contributed by atoms with van der Waals surface area (Å²) in [6.45, 7) is 1.10. The van der Waals surface area contributed by atoms with Crippen molar-refractivity contribution < 1.29 is 22.0 Å². The van der Waals surface area contributed by atoms with Gasteiger partial charge in [-0.3, -0.25) is 14.5 Å². The van der Waals surface area contributed by atoms with Crippen molar-refractivity contribution in [1.82, 2.24) is 4.98 Å². The van der Waals surface area contributed by atoms with E-state index in [1.807, 2.05) is 29.2 Å². The van der Waals surface area contributed by atoms with Crippen LogP contribution in [0.25, 0.3) is 10.9 Å². The topological polar surface area (TPSA) is 82.6 Å². The van der Waals surface area contributed by atoms with Crippen LogP contribution >= 0.6 is 0 Å². The van der Waals surface area contributed by atoms with Crippen molar-refractivity contribution in [1.29, 1.82) is 0 Å². The molecule has 6 rings (SSSR count). The molecule has 1 aromatic heterocycles. The van der Waals surface area contributed by atoms with Gasteiger partial charge < -0.3 is 9.80 Å². The quantitative estimate of drug-likeness (QED) is 0.272. The molecule has 41 heavy (non-hydrogen) atoms. The van der Waals surface area contributed by atoms with Gasteiger partial charge in [-0.05, 0) is 66.2 Å². The van der Waals surface area contributed by atoms with Gasteiger partial charge in [-0.1, -0.05) is 30.3 Å². The number of rotatable bonds is 6. The van der Waals surface area contributed by atoms with Gasteiger partial charge in [0.2, 0.25) is 0 Å². The molecule has 2 heterocycles. The Morgan fingerprint density at radius 1 is 0.829 bits per heavy atom. The smallest absolute Gasteiger partial charge is 0.264 e. The highest BCUT2D eigenvalue weighted by Gasteiger charge is 2.28. The summed E-state index contributed by atoms with van der Waals surface area (Å²) in [4.78, 5) is 21.5. The van der Waals surface area contributed by atoms with Gasteiger partial charge in [0, 0.05) is 48.5 Å². The van der Waals surface area contributed by atoms with E-state index in [-0.39, 0.29) is 17.3 Å². The molecular weight excluding hydrogens is 546 g/mol. The summed E-state index contributed by atoms with van der Waals surface area (Å²) in [6.07, 6.45) is 1.54. The van der Waals surface area contributed by atoms with Crippen LogP contribution in [0, 0.1) is 11.6 Å². The van der Waals surface area contributed by atoms with Crippen molar-refractivity contribution >= 4 is 43.9 Å². The minimum absolute atomic E-state index is 0.0613. The van der Waals surface area contributed by atoms with Crippen molar-refractivity contribution in [2.45, 2.75) is 11.4 Å². The van der Waals surface area contributed by atoms with Crippen molar-refractivity contribution in [3.05, 3.63) is 126 Å². The van der Waals surface area contributed by atoms with E-state index < -0.39 is 21.7 Å². The molecule has 0 radical (unpaired) electrons. The molecule has 0 spiro atoms. The zero-order chi connectivity index (χ0) is 28.6. The molecule has 5 aromatic rings. The largest absolute Gasteiger partial charge is 0.364 e. The number of hydrogen-bond donors (Lipinski definition) is 1. The molecule has 0 saturated carbocycles. The van der Waals surface area contributed by atoms with Crippen LogP contribution in [0.3, 0.4) is 0 Å². The second-order valence-corrected chi connectivity index (χ2v) is 11.3. The van der Waals surface area contributed by atoms with E-state index in [1.54, 1.807) is 59.6 Å². The van der Waals surface area contributed by atoms with E-state index in [9.17, 15) is 22.0 Å². The summed E-state index contributed by atoms with van der Waals surface area (Å²) in [5, 5.41) is 0.708. The van der Waals surface area contributed by atoms with E-state index in [1.165, 1.54) is 18.2 Å². The predicted molar refractivity (Wildman–Crippen MR) is 155 cm³/mol. The monoisotopic (exact) mass is 570 g/mol. The molecule has 1 aliphatic heterocycles. The Kier molecular flexibility index (Phi) is 6.84. The molecule has 0 saturated heterocycles. The first-order valence-electron chi connectivity index (χ1n) is 12.9. The summed E-state index contributed by atoms with van der Waals surface area (Å²) in [7, 11) is -3.93. The average molecular weight is 571 g/mol. The van der Waals surface area contributed by atoms with Gasteiger partial charge in [0.15, 0.2) is 0 Å². The second kappa shape index (κ2) is 10.6. The third-order valence-corrected chi connectivity index (χ3v) is 8.33. The number of hydrogen-bond acceptors (Lipinski definition) is 5. The fourth-order valence-electron chi connectivity index (χ4n) is 5.06. The normalized spacial score (nSPS) is 13.2. The molecule has 7 nitrogen and oxygen atoms in total. The molecule has 0 bridgehead atoms. The van der Waals surface area contributed by atoms with Crippen LogP contribution in [0.2, 0.25) is 0 Å². The number of pyridine rings is 1. The highest BCUT2D eigenvalue weighted by molar-refractivity contribution is 7.93. The fourth-order valence-corrected chi connectivity index (χ4v) is 6.30. The highest BCUT2D eigenvalue weighted by Crippen LogP contribution is 2.35. The Hall–Kier alpha value is -4.83. The van der Waals surface area contributed by atoms with Gasteiger partial charge in [-0.15, -0.1) is 0 Å². The number of amides is 1. The summed E-state index contributed by atoms with van der Waals surface area (Å²) in [5.41, 5.74) is 3.00. The van der Waals surface area contributed by atoms with Crippen molar-refractivity contribution in [3.63, 3.8) is 0 Å². The Labute approximate surface area is 235 Å². The minimum Gasteiger partial charge on any atom is -0.364 e. The number of halogens is 2. The van der Waals surface area contributed by atoms with Crippen molar-refractivity contribution in [2.75, 3.05) is 27.6 Å².